The zero-order chi connectivity index (χ0) is 33.5. The Balaban J connectivity index is 1.19. The molecule has 1 atom stereocenters. The summed E-state index contributed by atoms with van der Waals surface area (Å²) < 4.78 is 2.61. The molecule has 240 valence electrons. The third-order valence-electron chi connectivity index (χ3n) is 10.9. The topological polar surface area (TPSA) is 6.48 Å². The number of fused-ring (bicyclic) bond motifs is 11. The van der Waals surface area contributed by atoms with Crippen molar-refractivity contribution in [2.75, 3.05) is 9.80 Å². The van der Waals surface area contributed by atoms with Gasteiger partial charge in [0.15, 0.2) is 0 Å². The van der Waals surface area contributed by atoms with Crippen molar-refractivity contribution in [3.8, 4) is 0 Å². The maximum Gasteiger partial charge on any atom is 0.0640 e. The van der Waals surface area contributed by atoms with Crippen LogP contribution >= 0.6 is 11.3 Å². The Morgan fingerprint density at radius 3 is 2.16 bits per heavy atom. The summed E-state index contributed by atoms with van der Waals surface area (Å²) in [7, 11) is 0. The van der Waals surface area contributed by atoms with Crippen LogP contribution in [-0.2, 0) is 0 Å². The molecule has 0 saturated carbocycles. The second-order valence-corrected chi connectivity index (χ2v) is 14.7. The largest absolute Gasteiger partial charge is 0.333 e. The first-order chi connectivity index (χ1) is 25.3. The summed E-state index contributed by atoms with van der Waals surface area (Å²) in [5.74, 6) is 0. The smallest absolute Gasteiger partial charge is 0.0640 e. The van der Waals surface area contributed by atoms with Crippen molar-refractivity contribution >= 4 is 97.8 Å². The number of hydrogen-bond donors (Lipinski definition) is 0. The molecule has 1 aromatic heterocycles. The molecule has 9 aromatic rings. The van der Waals surface area contributed by atoms with Crippen LogP contribution in [-0.4, -0.2) is 6.04 Å². The lowest BCUT2D eigenvalue weighted by Gasteiger charge is -2.29. The lowest BCUT2D eigenvalue weighted by molar-refractivity contribution is 0.829. The van der Waals surface area contributed by atoms with Crippen molar-refractivity contribution in [2.45, 2.75) is 12.5 Å². The Labute approximate surface area is 300 Å². The van der Waals surface area contributed by atoms with Gasteiger partial charge in [-0.15, -0.1) is 11.3 Å². The molecule has 3 heteroatoms. The van der Waals surface area contributed by atoms with Crippen molar-refractivity contribution in [3.63, 3.8) is 0 Å². The van der Waals surface area contributed by atoms with Gasteiger partial charge in [0.1, 0.15) is 0 Å². The molecule has 0 radical (unpaired) electrons. The predicted molar refractivity (Wildman–Crippen MR) is 221 cm³/mol. The summed E-state index contributed by atoms with van der Waals surface area (Å²) in [5.41, 5.74) is 8.72. The molecule has 0 bridgehead atoms. The number of para-hydroxylation sites is 1. The number of hydrogen-bond acceptors (Lipinski definition) is 3. The van der Waals surface area contributed by atoms with Gasteiger partial charge in [-0.25, -0.2) is 0 Å². The highest BCUT2D eigenvalue weighted by Crippen LogP contribution is 2.54. The van der Waals surface area contributed by atoms with Gasteiger partial charge < -0.3 is 9.80 Å². The van der Waals surface area contributed by atoms with Crippen LogP contribution in [0.1, 0.15) is 12.0 Å². The molecule has 51 heavy (non-hydrogen) atoms. The van der Waals surface area contributed by atoms with Crippen molar-refractivity contribution < 1.29 is 0 Å². The van der Waals surface area contributed by atoms with Gasteiger partial charge >= 0.3 is 0 Å². The Morgan fingerprint density at radius 1 is 0.549 bits per heavy atom. The molecule has 8 aromatic carbocycles. The van der Waals surface area contributed by atoms with Crippen molar-refractivity contribution in [2.24, 2.45) is 0 Å². The fourth-order valence-corrected chi connectivity index (χ4v) is 9.88. The van der Waals surface area contributed by atoms with Gasteiger partial charge in [0.05, 0.1) is 27.8 Å². The molecular weight excluding hydrogens is 637 g/mol. The number of anilines is 5. The lowest BCUT2D eigenvalue weighted by atomic mass is 9.93. The number of rotatable bonds is 4. The molecule has 0 spiro atoms. The number of allylic oxidation sites excluding steroid dienone is 2. The fourth-order valence-electron chi connectivity index (χ4n) is 8.67. The van der Waals surface area contributed by atoms with E-state index in [1.165, 1.54) is 86.4 Å². The Hall–Kier alpha value is -6.16. The molecule has 11 rings (SSSR count). The second-order valence-electron chi connectivity index (χ2n) is 13.6. The molecule has 0 fully saturated rings. The van der Waals surface area contributed by atoms with Crippen LogP contribution in [0.4, 0.5) is 28.4 Å². The quantitative estimate of drug-likeness (QED) is 0.172. The molecule has 0 amide bonds. The summed E-state index contributed by atoms with van der Waals surface area (Å²) >= 11 is 1.89. The van der Waals surface area contributed by atoms with Gasteiger partial charge in [0.25, 0.3) is 0 Å². The third-order valence-corrected chi connectivity index (χ3v) is 12.1. The van der Waals surface area contributed by atoms with Gasteiger partial charge in [-0.3, -0.25) is 0 Å². The van der Waals surface area contributed by atoms with Crippen LogP contribution in [0.15, 0.2) is 176 Å². The number of benzene rings is 8. The molecule has 1 unspecified atom stereocenters. The fraction of sp³-hybridized carbons (Fsp3) is 0.0417. The molecule has 2 nitrogen and oxygen atoms in total. The van der Waals surface area contributed by atoms with Gasteiger partial charge in [-0.1, -0.05) is 127 Å². The maximum absolute atomic E-state index is 2.54. The van der Waals surface area contributed by atoms with E-state index >= 15 is 0 Å². The van der Waals surface area contributed by atoms with E-state index in [1.807, 2.05) is 11.3 Å². The highest BCUT2D eigenvalue weighted by Gasteiger charge is 2.38. The molecular formula is C48H32N2S. The first-order valence-corrected chi connectivity index (χ1v) is 18.5. The van der Waals surface area contributed by atoms with Crippen LogP contribution in [0, 0.1) is 0 Å². The third kappa shape index (κ3) is 4.28. The summed E-state index contributed by atoms with van der Waals surface area (Å²) in [5, 5.41) is 10.3. The standard InChI is InChI=1S/C48H32N2S/c1-2-13-33(14-3-1)49-42-19-8-6-17-41(42)47-43(49)20-11-21-44(47)50(45-22-10-18-40-39-16-7-9-23-46(39)51-48(40)45)34-26-29-36-32(30-34)25-28-37-35-15-5-4-12-31(35)24-27-38(36)37/h1-18,20-30,42H,19H2. The number of thiophene rings is 1. The normalized spacial score (nSPS) is 15.2. The predicted octanol–water partition coefficient (Wildman–Crippen LogP) is 13.8. The van der Waals surface area contributed by atoms with E-state index in [0.29, 0.717) is 0 Å². The van der Waals surface area contributed by atoms with E-state index in [0.717, 1.165) is 12.1 Å². The molecule has 1 aliphatic carbocycles. The van der Waals surface area contributed by atoms with Crippen LogP contribution in [0.5, 0.6) is 0 Å². The zero-order valence-corrected chi connectivity index (χ0v) is 28.6. The maximum atomic E-state index is 2.54. The minimum atomic E-state index is 0.244. The van der Waals surface area contributed by atoms with Gasteiger partial charge in [0.2, 0.25) is 0 Å². The van der Waals surface area contributed by atoms with E-state index in [9.17, 15) is 0 Å². The molecule has 0 N–H and O–H groups in total. The molecule has 1 aliphatic heterocycles. The highest BCUT2D eigenvalue weighted by molar-refractivity contribution is 7.26. The van der Waals surface area contributed by atoms with E-state index in [1.54, 1.807) is 0 Å². The lowest BCUT2D eigenvalue weighted by Crippen LogP contribution is -2.26. The minimum Gasteiger partial charge on any atom is -0.333 e. The minimum absolute atomic E-state index is 0.244. The van der Waals surface area contributed by atoms with E-state index in [4.69, 9.17) is 0 Å². The molecule has 2 aliphatic rings. The van der Waals surface area contributed by atoms with E-state index < -0.39 is 0 Å². The molecule has 2 heterocycles. The highest BCUT2D eigenvalue weighted by atomic mass is 32.1. The zero-order valence-electron chi connectivity index (χ0n) is 27.8. The van der Waals surface area contributed by atoms with Crippen LogP contribution in [0.3, 0.4) is 0 Å². The van der Waals surface area contributed by atoms with Crippen molar-refractivity contribution in [3.05, 3.63) is 182 Å². The average molecular weight is 669 g/mol. The SMILES string of the molecule is C1=CCC2C(=C1)c1c(N(c3ccc4c(ccc5c6ccccc6ccc45)c3)c3cccc4c3sc3ccccc34)cccc1N2c1ccccc1. The van der Waals surface area contributed by atoms with Gasteiger partial charge in [-0.05, 0) is 92.8 Å². The summed E-state index contributed by atoms with van der Waals surface area (Å²) in [4.78, 5) is 5.08. The van der Waals surface area contributed by atoms with Gasteiger partial charge in [-0.2, -0.15) is 0 Å². The van der Waals surface area contributed by atoms with Crippen molar-refractivity contribution in [1.29, 1.82) is 0 Å². The first-order valence-electron chi connectivity index (χ1n) is 17.7. The average Bonchev–Trinajstić information content (AvgIpc) is 3.75. The Bertz CT molecular complexity index is 2920. The van der Waals surface area contributed by atoms with Crippen molar-refractivity contribution in [1.82, 2.24) is 0 Å². The Morgan fingerprint density at radius 2 is 1.25 bits per heavy atom. The molecule has 0 saturated heterocycles. The van der Waals surface area contributed by atoms with Gasteiger partial charge in [0, 0.05) is 32.4 Å². The van der Waals surface area contributed by atoms with E-state index in [2.05, 4.69) is 186 Å². The number of nitrogens with zero attached hydrogens (tertiary/aromatic N) is 2. The van der Waals surface area contributed by atoms with Crippen LogP contribution in [0.25, 0.3) is 58.1 Å². The first kappa shape index (κ1) is 28.7. The monoisotopic (exact) mass is 668 g/mol. The summed E-state index contributed by atoms with van der Waals surface area (Å²) in [6.45, 7) is 0. The van der Waals surface area contributed by atoms with Crippen LogP contribution in [0.2, 0.25) is 0 Å². The van der Waals surface area contributed by atoms with Crippen LogP contribution < -0.4 is 9.80 Å². The van der Waals surface area contributed by atoms with E-state index in [-0.39, 0.29) is 6.04 Å². The Kier molecular flexibility index (Phi) is 6.28. The summed E-state index contributed by atoms with van der Waals surface area (Å²) in [6, 6.07) is 58.6. The summed E-state index contributed by atoms with van der Waals surface area (Å²) in [6.07, 6.45) is 7.86. The second kappa shape index (κ2) is 11.2.